The average molecular weight is 386 g/mol. The molecule has 1 N–H and O–H groups in total. The first-order valence-corrected chi connectivity index (χ1v) is 9.96. The van der Waals surface area contributed by atoms with Crippen LogP contribution >= 0.6 is 0 Å². The van der Waals surface area contributed by atoms with E-state index in [0.29, 0.717) is 5.69 Å². The molecule has 5 rings (SSSR count). The minimum absolute atomic E-state index is 0.226. The van der Waals surface area contributed by atoms with Gasteiger partial charge in [0.25, 0.3) is 5.91 Å². The zero-order valence-electron chi connectivity index (χ0n) is 16.3. The molecular formula is C22H22N6O. The number of carbonyl (C=O) groups is 1. The summed E-state index contributed by atoms with van der Waals surface area (Å²) >= 11 is 0. The Morgan fingerprint density at radius 3 is 2.79 bits per heavy atom. The van der Waals surface area contributed by atoms with Crippen LogP contribution < -0.4 is 5.32 Å². The van der Waals surface area contributed by atoms with Crippen LogP contribution in [0.4, 0.5) is 5.69 Å². The van der Waals surface area contributed by atoms with E-state index in [0.717, 1.165) is 53.5 Å². The van der Waals surface area contributed by atoms with Gasteiger partial charge in [0.1, 0.15) is 17.2 Å². The number of carbonyl (C=O) groups excluding carboxylic acids is 1. The topological polar surface area (TPSA) is 77.1 Å². The zero-order valence-corrected chi connectivity index (χ0v) is 16.3. The molecular weight excluding hydrogens is 364 g/mol. The van der Waals surface area contributed by atoms with Gasteiger partial charge in [-0.3, -0.25) is 4.79 Å². The second kappa shape index (κ2) is 7.16. The number of aromatic nitrogens is 5. The molecule has 0 atom stereocenters. The molecule has 4 heterocycles. The van der Waals surface area contributed by atoms with Crippen LogP contribution in [0.3, 0.4) is 0 Å². The molecule has 0 aliphatic carbocycles. The van der Waals surface area contributed by atoms with Crippen LogP contribution in [0.5, 0.6) is 0 Å². The molecule has 0 radical (unpaired) electrons. The van der Waals surface area contributed by atoms with E-state index in [9.17, 15) is 4.79 Å². The average Bonchev–Trinajstić information content (AvgIpc) is 3.25. The maximum absolute atomic E-state index is 12.6. The number of aryl methyl sites for hydroxylation is 2. The third-order valence-corrected chi connectivity index (χ3v) is 5.36. The van der Waals surface area contributed by atoms with Gasteiger partial charge in [-0.15, -0.1) is 10.2 Å². The molecule has 0 saturated carbocycles. The number of amides is 1. The van der Waals surface area contributed by atoms with Gasteiger partial charge in [0.2, 0.25) is 0 Å². The van der Waals surface area contributed by atoms with Crippen molar-refractivity contribution in [1.29, 1.82) is 0 Å². The summed E-state index contributed by atoms with van der Waals surface area (Å²) in [6.45, 7) is 2.97. The Kier molecular flexibility index (Phi) is 4.35. The first-order chi connectivity index (χ1) is 14.2. The van der Waals surface area contributed by atoms with Crippen molar-refractivity contribution >= 4 is 17.2 Å². The third kappa shape index (κ3) is 3.40. The molecule has 7 heteroatoms. The molecule has 7 nitrogen and oxygen atoms in total. The molecule has 29 heavy (non-hydrogen) atoms. The number of nitrogens with one attached hydrogen (secondary N) is 1. The summed E-state index contributed by atoms with van der Waals surface area (Å²) in [5, 5.41) is 11.7. The highest BCUT2D eigenvalue weighted by molar-refractivity contribution is 6.03. The molecule has 0 bridgehead atoms. The highest BCUT2D eigenvalue weighted by Gasteiger charge is 2.16. The summed E-state index contributed by atoms with van der Waals surface area (Å²) in [5.74, 6) is 1.74. The fraction of sp³-hybridized carbons (Fsp3) is 0.273. The molecule has 3 aromatic heterocycles. The fourth-order valence-corrected chi connectivity index (χ4v) is 3.79. The molecule has 146 valence electrons. The van der Waals surface area contributed by atoms with Gasteiger partial charge >= 0.3 is 0 Å². The van der Waals surface area contributed by atoms with Crippen LogP contribution in [0, 0.1) is 6.92 Å². The summed E-state index contributed by atoms with van der Waals surface area (Å²) in [6.07, 6.45) is 8.20. The number of rotatable bonds is 3. The zero-order chi connectivity index (χ0) is 19.8. The Labute approximate surface area is 168 Å². The predicted octanol–water partition coefficient (Wildman–Crippen LogP) is 3.88. The third-order valence-electron chi connectivity index (χ3n) is 5.36. The quantitative estimate of drug-likeness (QED) is 0.580. The van der Waals surface area contributed by atoms with Crippen molar-refractivity contribution in [2.45, 2.75) is 39.2 Å². The molecule has 4 aromatic rings. The summed E-state index contributed by atoms with van der Waals surface area (Å²) in [6, 6.07) is 11.7. The van der Waals surface area contributed by atoms with Crippen LogP contribution in [-0.4, -0.2) is 30.1 Å². The van der Waals surface area contributed by atoms with Gasteiger partial charge in [-0.25, -0.2) is 4.98 Å². The molecule has 0 spiro atoms. The Hall–Kier alpha value is -3.48. The summed E-state index contributed by atoms with van der Waals surface area (Å²) in [7, 11) is 0. The molecule has 1 aromatic carbocycles. The van der Waals surface area contributed by atoms with Crippen molar-refractivity contribution in [2.75, 3.05) is 5.32 Å². The number of pyridine rings is 1. The van der Waals surface area contributed by atoms with E-state index in [4.69, 9.17) is 0 Å². The van der Waals surface area contributed by atoms with Gasteiger partial charge in [-0.1, -0.05) is 6.42 Å². The van der Waals surface area contributed by atoms with Gasteiger partial charge < -0.3 is 14.3 Å². The first kappa shape index (κ1) is 17.6. The number of anilines is 1. The van der Waals surface area contributed by atoms with Crippen LogP contribution in [0.1, 0.15) is 41.1 Å². The van der Waals surface area contributed by atoms with Gasteiger partial charge in [0.05, 0.1) is 0 Å². The molecule has 0 unspecified atom stereocenters. The van der Waals surface area contributed by atoms with Crippen LogP contribution in [0.2, 0.25) is 0 Å². The van der Waals surface area contributed by atoms with Crippen LogP contribution in [-0.2, 0) is 13.0 Å². The lowest BCUT2D eigenvalue weighted by molar-refractivity contribution is 0.102. The second-order valence-electron chi connectivity index (χ2n) is 7.53. The van der Waals surface area contributed by atoms with Crippen LogP contribution in [0.15, 0.2) is 48.8 Å². The molecule has 1 amide bonds. The number of hydrogen-bond acceptors (Lipinski definition) is 4. The Bertz CT molecular complexity index is 1190. The Morgan fingerprint density at radius 1 is 1.07 bits per heavy atom. The lowest BCUT2D eigenvalue weighted by Crippen LogP contribution is -2.12. The molecule has 0 saturated heterocycles. The maximum Gasteiger partial charge on any atom is 0.275 e. The minimum Gasteiger partial charge on any atom is -0.321 e. The van der Waals surface area contributed by atoms with Crippen molar-refractivity contribution in [3.63, 3.8) is 0 Å². The van der Waals surface area contributed by atoms with E-state index in [2.05, 4.69) is 25.1 Å². The van der Waals surface area contributed by atoms with Crippen molar-refractivity contribution in [2.24, 2.45) is 0 Å². The smallest absolute Gasteiger partial charge is 0.275 e. The number of fused-ring (bicyclic) bond motifs is 2. The van der Waals surface area contributed by atoms with Gasteiger partial charge in [-0.05, 0) is 61.7 Å². The predicted molar refractivity (Wildman–Crippen MR) is 111 cm³/mol. The lowest BCUT2D eigenvalue weighted by atomic mass is 10.2. The van der Waals surface area contributed by atoms with E-state index < -0.39 is 0 Å². The van der Waals surface area contributed by atoms with Crippen molar-refractivity contribution < 1.29 is 4.79 Å². The first-order valence-electron chi connectivity index (χ1n) is 9.96. The highest BCUT2D eigenvalue weighted by atomic mass is 16.1. The minimum atomic E-state index is -0.226. The van der Waals surface area contributed by atoms with E-state index in [1.165, 1.54) is 12.8 Å². The SMILES string of the molecule is Cc1ccn2cc(C(=O)Nc3ccc(-c4nnc5n4CCCCC5)cc3)nc2c1. The lowest BCUT2D eigenvalue weighted by Gasteiger charge is -2.08. The largest absolute Gasteiger partial charge is 0.321 e. The monoisotopic (exact) mass is 386 g/mol. The Balaban J connectivity index is 1.35. The van der Waals surface area contributed by atoms with E-state index in [-0.39, 0.29) is 5.91 Å². The molecule has 1 aliphatic heterocycles. The van der Waals surface area contributed by atoms with E-state index in [1.54, 1.807) is 6.20 Å². The number of hydrogen-bond donors (Lipinski definition) is 1. The number of benzene rings is 1. The summed E-state index contributed by atoms with van der Waals surface area (Å²) in [5.41, 5.74) is 3.99. The summed E-state index contributed by atoms with van der Waals surface area (Å²) < 4.78 is 4.07. The standard InChI is InChI=1S/C22H22N6O/c1-15-10-12-27-14-18(24-20(27)13-15)22(29)23-17-8-6-16(7-9-17)21-26-25-19-5-3-2-4-11-28(19)21/h6-10,12-14H,2-5,11H2,1H3,(H,23,29). The van der Waals surface area contributed by atoms with Gasteiger partial charge in [-0.2, -0.15) is 0 Å². The summed E-state index contributed by atoms with van der Waals surface area (Å²) in [4.78, 5) is 17.0. The Morgan fingerprint density at radius 2 is 1.93 bits per heavy atom. The molecule has 1 aliphatic rings. The van der Waals surface area contributed by atoms with Crippen molar-refractivity contribution in [3.8, 4) is 11.4 Å². The van der Waals surface area contributed by atoms with Gasteiger partial charge in [0.15, 0.2) is 5.82 Å². The number of nitrogens with zero attached hydrogens (tertiary/aromatic N) is 5. The van der Waals surface area contributed by atoms with Crippen molar-refractivity contribution in [1.82, 2.24) is 24.1 Å². The fourth-order valence-electron chi connectivity index (χ4n) is 3.79. The van der Waals surface area contributed by atoms with E-state index >= 15 is 0 Å². The maximum atomic E-state index is 12.6. The number of imidazole rings is 1. The second-order valence-corrected chi connectivity index (χ2v) is 7.53. The highest BCUT2D eigenvalue weighted by Crippen LogP contribution is 2.24. The molecule has 0 fully saturated rings. The van der Waals surface area contributed by atoms with E-state index in [1.807, 2.05) is 53.9 Å². The van der Waals surface area contributed by atoms with Crippen LogP contribution in [0.25, 0.3) is 17.0 Å². The van der Waals surface area contributed by atoms with Gasteiger partial charge in [0, 0.05) is 36.6 Å². The normalized spacial score (nSPS) is 13.8. The van der Waals surface area contributed by atoms with Crippen molar-refractivity contribution in [3.05, 3.63) is 65.9 Å².